The zero-order valence-corrected chi connectivity index (χ0v) is 16.9. The van der Waals surface area contributed by atoms with Crippen molar-refractivity contribution in [3.63, 3.8) is 0 Å². The lowest BCUT2D eigenvalue weighted by molar-refractivity contribution is -0.131. The predicted molar refractivity (Wildman–Crippen MR) is 110 cm³/mol. The first-order valence-corrected chi connectivity index (χ1v) is 9.98. The molecule has 9 heteroatoms. The average Bonchev–Trinajstić information content (AvgIpc) is 3.29. The van der Waals surface area contributed by atoms with Gasteiger partial charge in [-0.25, -0.2) is 4.98 Å². The highest BCUT2D eigenvalue weighted by Crippen LogP contribution is 2.21. The first-order chi connectivity index (χ1) is 14.7. The Kier molecular flexibility index (Phi) is 6.17. The van der Waals surface area contributed by atoms with E-state index in [1.54, 1.807) is 25.7 Å². The van der Waals surface area contributed by atoms with Gasteiger partial charge < -0.3 is 19.1 Å². The summed E-state index contributed by atoms with van der Waals surface area (Å²) in [5.74, 6) is 2.81. The van der Waals surface area contributed by atoms with Crippen molar-refractivity contribution in [1.82, 2.24) is 25.0 Å². The number of carbonyl (C=O) groups excluding carboxylic acids is 1. The lowest BCUT2D eigenvalue weighted by atomic mass is 10.2. The number of amides is 1. The molecule has 3 heterocycles. The van der Waals surface area contributed by atoms with Gasteiger partial charge >= 0.3 is 0 Å². The first-order valence-electron chi connectivity index (χ1n) is 9.98. The van der Waals surface area contributed by atoms with E-state index in [0.29, 0.717) is 44.1 Å². The Morgan fingerprint density at radius 2 is 2.07 bits per heavy atom. The minimum atomic E-state index is 0.154. The molecule has 0 unspecified atom stereocenters. The molecule has 0 atom stereocenters. The maximum atomic E-state index is 12.5. The largest absolute Gasteiger partial charge is 0.497 e. The number of anilines is 1. The van der Waals surface area contributed by atoms with Crippen LogP contribution < -0.4 is 9.64 Å². The summed E-state index contributed by atoms with van der Waals surface area (Å²) in [6.07, 6.45) is 6.80. The third-order valence-electron chi connectivity index (χ3n) is 5.08. The molecule has 1 aromatic carbocycles. The number of methoxy groups -OCH3 is 1. The number of piperazine rings is 1. The third-order valence-corrected chi connectivity index (χ3v) is 5.08. The Morgan fingerprint density at radius 1 is 1.20 bits per heavy atom. The van der Waals surface area contributed by atoms with E-state index in [2.05, 4.69) is 25.0 Å². The van der Waals surface area contributed by atoms with Crippen molar-refractivity contribution >= 4 is 11.7 Å². The number of aryl methyl sites for hydroxylation is 1. The molecule has 0 aliphatic carbocycles. The summed E-state index contributed by atoms with van der Waals surface area (Å²) in [6.45, 7) is 2.90. The van der Waals surface area contributed by atoms with Gasteiger partial charge in [0, 0.05) is 57.0 Å². The van der Waals surface area contributed by atoms with Crippen molar-refractivity contribution in [3.8, 4) is 17.1 Å². The van der Waals surface area contributed by atoms with Crippen molar-refractivity contribution in [3.05, 3.63) is 48.7 Å². The molecule has 3 aromatic rings. The van der Waals surface area contributed by atoms with Gasteiger partial charge in [-0.2, -0.15) is 4.98 Å². The van der Waals surface area contributed by atoms with Crippen molar-refractivity contribution in [2.75, 3.05) is 38.2 Å². The molecule has 0 N–H and O–H groups in total. The fourth-order valence-corrected chi connectivity index (χ4v) is 3.42. The minimum Gasteiger partial charge on any atom is -0.497 e. The van der Waals surface area contributed by atoms with Crippen molar-refractivity contribution in [1.29, 1.82) is 0 Å². The number of carbonyl (C=O) groups is 1. The normalized spacial score (nSPS) is 14.0. The second-order valence-electron chi connectivity index (χ2n) is 7.03. The molecule has 1 saturated heterocycles. The van der Waals surface area contributed by atoms with Gasteiger partial charge in [-0.1, -0.05) is 17.3 Å². The Balaban J connectivity index is 1.23. The van der Waals surface area contributed by atoms with Gasteiger partial charge in [0.1, 0.15) is 11.6 Å². The summed E-state index contributed by atoms with van der Waals surface area (Å²) in [5, 5.41) is 4.03. The predicted octanol–water partition coefficient (Wildman–Crippen LogP) is 2.21. The van der Waals surface area contributed by atoms with Crippen molar-refractivity contribution in [2.45, 2.75) is 19.3 Å². The Morgan fingerprint density at radius 3 is 2.83 bits per heavy atom. The van der Waals surface area contributed by atoms with Gasteiger partial charge in [0.05, 0.1) is 13.3 Å². The van der Waals surface area contributed by atoms with E-state index in [9.17, 15) is 4.79 Å². The molecule has 0 spiro atoms. The van der Waals surface area contributed by atoms with E-state index < -0.39 is 0 Å². The fraction of sp³-hybridized carbons (Fsp3) is 0.381. The molecule has 1 aliphatic rings. The number of nitrogens with zero attached hydrogens (tertiary/aromatic N) is 6. The van der Waals surface area contributed by atoms with E-state index in [0.717, 1.165) is 30.2 Å². The number of aromatic nitrogens is 4. The monoisotopic (exact) mass is 408 g/mol. The van der Waals surface area contributed by atoms with E-state index in [1.807, 2.05) is 29.2 Å². The smallest absolute Gasteiger partial charge is 0.226 e. The highest BCUT2D eigenvalue weighted by molar-refractivity contribution is 5.76. The lowest BCUT2D eigenvalue weighted by Gasteiger charge is -2.35. The van der Waals surface area contributed by atoms with Gasteiger partial charge in [0.2, 0.25) is 17.6 Å². The molecule has 0 radical (unpaired) electrons. The van der Waals surface area contributed by atoms with Crippen LogP contribution in [0.3, 0.4) is 0 Å². The second kappa shape index (κ2) is 9.34. The van der Waals surface area contributed by atoms with Gasteiger partial charge in [-0.15, -0.1) is 0 Å². The minimum absolute atomic E-state index is 0.154. The number of hydrogen-bond donors (Lipinski definition) is 0. The van der Waals surface area contributed by atoms with Crippen LogP contribution in [0.5, 0.6) is 5.75 Å². The van der Waals surface area contributed by atoms with Crippen LogP contribution in [0.25, 0.3) is 11.4 Å². The molecule has 1 aliphatic heterocycles. The Bertz CT molecular complexity index is 970. The van der Waals surface area contributed by atoms with Gasteiger partial charge in [0.15, 0.2) is 0 Å². The number of rotatable bonds is 7. The number of ether oxygens (including phenoxy) is 1. The molecular formula is C21H24N6O3. The summed E-state index contributed by atoms with van der Waals surface area (Å²) in [5.41, 5.74) is 0.835. The Hall–Kier alpha value is -3.49. The van der Waals surface area contributed by atoms with E-state index >= 15 is 0 Å². The molecule has 30 heavy (non-hydrogen) atoms. The molecule has 9 nitrogen and oxygen atoms in total. The fourth-order valence-electron chi connectivity index (χ4n) is 3.42. The third kappa shape index (κ3) is 4.73. The van der Waals surface area contributed by atoms with Crippen molar-refractivity contribution < 1.29 is 14.1 Å². The van der Waals surface area contributed by atoms with Crippen LogP contribution in [0.1, 0.15) is 18.7 Å². The zero-order valence-electron chi connectivity index (χ0n) is 16.9. The van der Waals surface area contributed by atoms with Crippen LogP contribution in [0.2, 0.25) is 0 Å². The summed E-state index contributed by atoms with van der Waals surface area (Å²) >= 11 is 0. The van der Waals surface area contributed by atoms with Gasteiger partial charge in [-0.3, -0.25) is 9.78 Å². The molecule has 2 aromatic heterocycles. The molecule has 156 valence electrons. The van der Waals surface area contributed by atoms with E-state index in [1.165, 1.54) is 0 Å². The molecule has 1 amide bonds. The standard InChI is InChI=1S/C21H24N6O3/c1-29-17-5-2-4-16(14-17)21-24-19(30-25-21)6-3-7-20(28)27-12-10-26(11-13-27)18-15-22-8-9-23-18/h2,4-5,8-9,14-15H,3,6-7,10-13H2,1H3. The average molecular weight is 408 g/mol. The van der Waals surface area contributed by atoms with Crippen LogP contribution in [0, 0.1) is 0 Å². The molecule has 1 fully saturated rings. The highest BCUT2D eigenvalue weighted by atomic mass is 16.5. The maximum absolute atomic E-state index is 12.5. The van der Waals surface area contributed by atoms with Crippen LogP contribution in [0.4, 0.5) is 5.82 Å². The van der Waals surface area contributed by atoms with Crippen molar-refractivity contribution in [2.24, 2.45) is 0 Å². The highest BCUT2D eigenvalue weighted by Gasteiger charge is 2.21. The van der Waals surface area contributed by atoms with E-state index in [-0.39, 0.29) is 5.91 Å². The molecular weight excluding hydrogens is 384 g/mol. The SMILES string of the molecule is COc1cccc(-c2noc(CCCC(=O)N3CCN(c4cnccn4)CC3)n2)c1. The Labute approximate surface area is 174 Å². The first kappa shape index (κ1) is 19.8. The molecule has 4 rings (SSSR count). The zero-order chi connectivity index (χ0) is 20.8. The number of benzene rings is 1. The summed E-state index contributed by atoms with van der Waals surface area (Å²) in [4.78, 5) is 29.4. The summed E-state index contributed by atoms with van der Waals surface area (Å²) < 4.78 is 10.6. The quantitative estimate of drug-likeness (QED) is 0.587. The number of hydrogen-bond acceptors (Lipinski definition) is 8. The van der Waals surface area contributed by atoms with E-state index in [4.69, 9.17) is 9.26 Å². The second-order valence-corrected chi connectivity index (χ2v) is 7.03. The van der Waals surface area contributed by atoms with Gasteiger partial charge in [-0.05, 0) is 18.6 Å². The summed E-state index contributed by atoms with van der Waals surface area (Å²) in [7, 11) is 1.62. The van der Waals surface area contributed by atoms with Crippen LogP contribution in [-0.4, -0.2) is 64.2 Å². The van der Waals surface area contributed by atoms with Gasteiger partial charge in [0.25, 0.3) is 0 Å². The molecule has 0 bridgehead atoms. The summed E-state index contributed by atoms with van der Waals surface area (Å²) in [6, 6.07) is 7.51. The van der Waals surface area contributed by atoms with Crippen LogP contribution >= 0.6 is 0 Å². The topological polar surface area (TPSA) is 97.5 Å². The lowest BCUT2D eigenvalue weighted by Crippen LogP contribution is -2.49. The maximum Gasteiger partial charge on any atom is 0.226 e. The van der Waals surface area contributed by atoms with Crippen LogP contribution in [0.15, 0.2) is 47.4 Å². The molecule has 0 saturated carbocycles. The van der Waals surface area contributed by atoms with Crippen LogP contribution in [-0.2, 0) is 11.2 Å².